The van der Waals surface area contributed by atoms with Crippen molar-refractivity contribution in [3.8, 4) is 11.5 Å². The lowest BCUT2D eigenvalue weighted by molar-refractivity contribution is 0.0691. The van der Waals surface area contributed by atoms with E-state index in [1.165, 1.54) is 27.8 Å². The van der Waals surface area contributed by atoms with E-state index in [0.29, 0.717) is 28.6 Å². The second kappa shape index (κ2) is 11.0. The van der Waals surface area contributed by atoms with Crippen molar-refractivity contribution in [3.63, 3.8) is 0 Å². The Morgan fingerprint density at radius 2 is 1.79 bits per heavy atom. The molecule has 0 bridgehead atoms. The van der Waals surface area contributed by atoms with Crippen molar-refractivity contribution in [2.75, 3.05) is 20.8 Å². The molecule has 0 aliphatic heterocycles. The number of hydrogen-bond donors (Lipinski definition) is 1. The van der Waals surface area contributed by atoms with Crippen molar-refractivity contribution in [2.45, 2.75) is 33.2 Å². The molecule has 3 rings (SSSR count). The van der Waals surface area contributed by atoms with Gasteiger partial charge in [0.15, 0.2) is 5.69 Å². The number of aryl methyl sites for hydroxylation is 2. The number of carboxylic acids is 1. The predicted octanol–water partition coefficient (Wildman–Crippen LogP) is 4.75. The first kappa shape index (κ1) is 24.3. The maximum atomic E-state index is 13.5. The molecule has 0 unspecified atom stereocenters. The number of carboxylic acid groups (broad SMARTS) is 1. The van der Waals surface area contributed by atoms with Gasteiger partial charge in [0, 0.05) is 23.1 Å². The smallest absolute Gasteiger partial charge is 0.355 e. The molecule has 1 N–H and O–H groups in total. The van der Waals surface area contributed by atoms with Crippen LogP contribution in [0.4, 0.5) is 0 Å². The summed E-state index contributed by atoms with van der Waals surface area (Å²) in [5, 5.41) is 11.2. The molecule has 3 aromatic rings. The molecule has 1 aromatic heterocycles. The fourth-order valence-electron chi connectivity index (χ4n) is 3.63. The van der Waals surface area contributed by atoms with Gasteiger partial charge in [0.2, 0.25) is 0 Å². The van der Waals surface area contributed by atoms with Gasteiger partial charge in [0.25, 0.3) is 5.91 Å². The van der Waals surface area contributed by atoms with Crippen LogP contribution < -0.4 is 9.47 Å². The molecule has 1 amide bonds. The largest absolute Gasteiger partial charge is 0.496 e. The van der Waals surface area contributed by atoms with Gasteiger partial charge < -0.3 is 19.5 Å². The van der Waals surface area contributed by atoms with E-state index in [1.807, 2.05) is 13.0 Å². The summed E-state index contributed by atoms with van der Waals surface area (Å²) in [7, 11) is 3.11. The average molecular weight is 469 g/mol. The highest BCUT2D eigenvalue weighted by atomic mass is 32.1. The van der Waals surface area contributed by atoms with Gasteiger partial charge in [-0.1, -0.05) is 29.8 Å². The number of carbonyl (C=O) groups excluding carboxylic acids is 1. The van der Waals surface area contributed by atoms with Gasteiger partial charge >= 0.3 is 5.97 Å². The predicted molar refractivity (Wildman–Crippen MR) is 128 cm³/mol. The minimum absolute atomic E-state index is 0.0131. The fourth-order valence-corrected chi connectivity index (χ4v) is 4.41. The van der Waals surface area contributed by atoms with Gasteiger partial charge in [0.05, 0.1) is 20.8 Å². The van der Waals surface area contributed by atoms with Gasteiger partial charge in [-0.05, 0) is 44.4 Å². The van der Waals surface area contributed by atoms with Crippen molar-refractivity contribution in [1.29, 1.82) is 0 Å². The molecule has 33 heavy (non-hydrogen) atoms. The Morgan fingerprint density at radius 1 is 1.09 bits per heavy atom. The second-order valence-electron chi connectivity index (χ2n) is 7.76. The third kappa shape index (κ3) is 6.10. The van der Waals surface area contributed by atoms with Crippen LogP contribution in [0.1, 0.15) is 49.0 Å². The number of carbonyl (C=O) groups is 2. The summed E-state index contributed by atoms with van der Waals surface area (Å²) >= 11 is 1.23. The molecule has 8 heteroatoms. The van der Waals surface area contributed by atoms with Gasteiger partial charge in [-0.15, -0.1) is 11.3 Å². The number of ether oxygens (including phenoxy) is 2. The van der Waals surface area contributed by atoms with Crippen LogP contribution in [-0.2, 0) is 13.0 Å². The number of aromatic carboxylic acids is 1. The maximum absolute atomic E-state index is 13.5. The lowest BCUT2D eigenvalue weighted by Crippen LogP contribution is -2.32. The third-order valence-corrected chi connectivity index (χ3v) is 6.19. The summed E-state index contributed by atoms with van der Waals surface area (Å²) < 4.78 is 10.9. The Morgan fingerprint density at radius 3 is 2.36 bits per heavy atom. The van der Waals surface area contributed by atoms with Gasteiger partial charge in [-0.3, -0.25) is 4.79 Å². The van der Waals surface area contributed by atoms with Crippen LogP contribution in [0.5, 0.6) is 11.5 Å². The van der Waals surface area contributed by atoms with Crippen LogP contribution in [0.2, 0.25) is 0 Å². The Labute approximate surface area is 197 Å². The highest BCUT2D eigenvalue weighted by molar-refractivity contribution is 7.09. The zero-order valence-electron chi connectivity index (χ0n) is 19.3. The first-order valence-electron chi connectivity index (χ1n) is 10.6. The zero-order chi connectivity index (χ0) is 24.0. The summed E-state index contributed by atoms with van der Waals surface area (Å²) in [6.45, 7) is 4.64. The normalized spacial score (nSPS) is 10.7. The SMILES string of the molecule is COc1cc(C(=O)N(CCCc2cccc(C)c2)Cc2nc(C(=O)O)cs2)cc(OC)c1C. The van der Waals surface area contributed by atoms with Gasteiger partial charge in [0.1, 0.15) is 16.5 Å². The summed E-state index contributed by atoms with van der Waals surface area (Å²) in [6, 6.07) is 11.7. The number of thiazole rings is 1. The average Bonchev–Trinajstić information content (AvgIpc) is 3.27. The standard InChI is InChI=1S/C25H28N2O5S/c1-16-7-5-8-18(11-16)9-6-10-27(14-23-26-20(15-33-23)25(29)30)24(28)19-12-21(31-3)17(2)22(13-19)32-4/h5,7-8,11-13,15H,6,9-10,14H2,1-4H3,(H,29,30). The Bertz CT molecular complexity index is 1120. The molecule has 0 atom stereocenters. The monoisotopic (exact) mass is 468 g/mol. The van der Waals surface area contributed by atoms with E-state index in [0.717, 1.165) is 18.4 Å². The lowest BCUT2D eigenvalue weighted by Gasteiger charge is -2.23. The number of methoxy groups -OCH3 is 2. The Balaban J connectivity index is 1.84. The molecule has 0 spiro atoms. The van der Waals surface area contributed by atoms with Crippen LogP contribution in [-0.4, -0.2) is 47.6 Å². The first-order chi connectivity index (χ1) is 15.8. The highest BCUT2D eigenvalue weighted by Crippen LogP contribution is 2.30. The molecule has 0 saturated carbocycles. The molecule has 174 valence electrons. The molecule has 0 saturated heterocycles. The number of hydrogen-bond acceptors (Lipinski definition) is 6. The van der Waals surface area contributed by atoms with Crippen LogP contribution >= 0.6 is 11.3 Å². The molecule has 0 aliphatic rings. The van der Waals surface area contributed by atoms with Gasteiger partial charge in [-0.25, -0.2) is 9.78 Å². The van der Waals surface area contributed by atoms with Crippen molar-refractivity contribution in [3.05, 3.63) is 74.7 Å². The van der Waals surface area contributed by atoms with E-state index in [2.05, 4.69) is 30.1 Å². The third-order valence-electron chi connectivity index (χ3n) is 5.36. The van der Waals surface area contributed by atoms with E-state index in [4.69, 9.17) is 9.47 Å². The number of rotatable bonds is 10. The summed E-state index contributed by atoms with van der Waals surface area (Å²) in [5.41, 5.74) is 3.65. The zero-order valence-corrected chi connectivity index (χ0v) is 20.1. The van der Waals surface area contributed by atoms with Crippen LogP contribution in [0.15, 0.2) is 41.8 Å². The van der Waals surface area contributed by atoms with Gasteiger partial charge in [-0.2, -0.15) is 0 Å². The molecule has 0 fully saturated rings. The maximum Gasteiger partial charge on any atom is 0.355 e. The number of benzene rings is 2. The molecular weight excluding hydrogens is 440 g/mol. The van der Waals surface area contributed by atoms with Crippen molar-refractivity contribution in [2.24, 2.45) is 0 Å². The molecule has 1 heterocycles. The van der Waals surface area contributed by atoms with E-state index in [1.54, 1.807) is 31.3 Å². The molecule has 0 radical (unpaired) electrons. The van der Waals surface area contributed by atoms with E-state index in [-0.39, 0.29) is 18.1 Å². The minimum Gasteiger partial charge on any atom is -0.496 e. The van der Waals surface area contributed by atoms with Crippen LogP contribution in [0.3, 0.4) is 0 Å². The number of aromatic nitrogens is 1. The van der Waals surface area contributed by atoms with E-state index in [9.17, 15) is 14.7 Å². The van der Waals surface area contributed by atoms with E-state index >= 15 is 0 Å². The van der Waals surface area contributed by atoms with Crippen LogP contribution in [0, 0.1) is 13.8 Å². The Kier molecular flexibility index (Phi) is 8.06. The summed E-state index contributed by atoms with van der Waals surface area (Å²) in [6.07, 6.45) is 1.58. The van der Waals surface area contributed by atoms with Crippen molar-refractivity contribution in [1.82, 2.24) is 9.88 Å². The first-order valence-corrected chi connectivity index (χ1v) is 11.5. The van der Waals surface area contributed by atoms with E-state index < -0.39 is 5.97 Å². The molecule has 0 aliphatic carbocycles. The minimum atomic E-state index is -1.08. The molecular formula is C25H28N2O5S. The summed E-state index contributed by atoms with van der Waals surface area (Å²) in [4.78, 5) is 30.6. The number of nitrogens with zero attached hydrogens (tertiary/aromatic N) is 2. The topological polar surface area (TPSA) is 89.0 Å². The highest BCUT2D eigenvalue weighted by Gasteiger charge is 2.21. The van der Waals surface area contributed by atoms with Crippen molar-refractivity contribution < 1.29 is 24.2 Å². The number of amides is 1. The quantitative estimate of drug-likeness (QED) is 0.462. The fraction of sp³-hybridized carbons (Fsp3) is 0.320. The Hall–Kier alpha value is -3.39. The molecule has 2 aromatic carbocycles. The van der Waals surface area contributed by atoms with Crippen LogP contribution in [0.25, 0.3) is 0 Å². The summed E-state index contributed by atoms with van der Waals surface area (Å²) in [5.74, 6) is -0.134. The lowest BCUT2D eigenvalue weighted by atomic mass is 10.1. The van der Waals surface area contributed by atoms with Crippen molar-refractivity contribution >= 4 is 23.2 Å². The molecule has 7 nitrogen and oxygen atoms in total. The second-order valence-corrected chi connectivity index (χ2v) is 8.70.